The number of fused-ring (bicyclic) bond motifs is 1. The van der Waals surface area contributed by atoms with Gasteiger partial charge in [-0.3, -0.25) is 10.2 Å². The van der Waals surface area contributed by atoms with Crippen molar-refractivity contribution in [3.8, 4) is 6.07 Å². The average molecular weight is 479 g/mol. The minimum Gasteiger partial charge on any atom is -0.287 e. The van der Waals surface area contributed by atoms with Gasteiger partial charge in [0.05, 0.1) is 23.0 Å². The molecule has 2 aliphatic rings. The van der Waals surface area contributed by atoms with Gasteiger partial charge in [0.2, 0.25) is 0 Å². The summed E-state index contributed by atoms with van der Waals surface area (Å²) in [7, 11) is 0. The second kappa shape index (κ2) is 10.4. The summed E-state index contributed by atoms with van der Waals surface area (Å²) in [5.74, 6) is -0.215. The Balaban J connectivity index is 0.00000190. The molecule has 0 atom stereocenters. The summed E-state index contributed by atoms with van der Waals surface area (Å²) in [5.41, 5.74) is 11.6. The van der Waals surface area contributed by atoms with E-state index < -0.39 is 0 Å². The highest BCUT2D eigenvalue weighted by Crippen LogP contribution is 2.40. The summed E-state index contributed by atoms with van der Waals surface area (Å²) in [6.45, 7) is 0.531. The van der Waals surface area contributed by atoms with Crippen molar-refractivity contribution < 1.29 is 7.65 Å². The third-order valence-corrected chi connectivity index (χ3v) is 6.87. The van der Waals surface area contributed by atoms with E-state index in [2.05, 4.69) is 29.1 Å². The van der Waals surface area contributed by atoms with Crippen LogP contribution in [0.2, 0.25) is 0 Å². The fourth-order valence-corrected chi connectivity index (χ4v) is 4.96. The number of carbonyl (C=O) groups excluding carboxylic acids is 1. The first-order valence-corrected chi connectivity index (χ1v) is 12.1. The first kappa shape index (κ1) is 22.6. The van der Waals surface area contributed by atoms with Crippen molar-refractivity contribution in [2.75, 3.05) is 0 Å². The third kappa shape index (κ3) is 5.17. The summed E-state index contributed by atoms with van der Waals surface area (Å²) in [6, 6.07) is 27.7. The third-order valence-electron chi connectivity index (χ3n) is 5.67. The van der Waals surface area contributed by atoms with Crippen LogP contribution in [0, 0.1) is 11.3 Å². The molecule has 0 unspecified atom stereocenters. The van der Waals surface area contributed by atoms with Crippen LogP contribution in [-0.2, 0) is 11.3 Å². The highest BCUT2D eigenvalue weighted by molar-refractivity contribution is 8.03. The number of rotatable bonds is 5. The predicted octanol–water partition coefficient (Wildman–Crippen LogP) is 5.91. The highest BCUT2D eigenvalue weighted by atomic mass is 32.2. The molecular weight excluding hydrogens is 452 g/mol. The van der Waals surface area contributed by atoms with Crippen molar-refractivity contribution in [3.05, 3.63) is 136 Å². The number of hydrogen-bond acceptors (Lipinski definition) is 5. The topological polar surface area (TPSA) is 77.3 Å². The zero-order chi connectivity index (χ0) is 24.0. The van der Waals surface area contributed by atoms with Gasteiger partial charge in [-0.2, -0.15) is 5.26 Å². The summed E-state index contributed by atoms with van der Waals surface area (Å²) in [5, 5.41) is 9.19. The van der Waals surface area contributed by atoms with E-state index >= 15 is 0 Å². The number of nitrogens with zero attached hydrogens (tertiary/aromatic N) is 2. The van der Waals surface area contributed by atoms with Crippen molar-refractivity contribution in [3.63, 3.8) is 0 Å². The number of thioether (sulfide) groups is 1. The van der Waals surface area contributed by atoms with Crippen LogP contribution in [-0.4, -0.2) is 11.6 Å². The maximum atomic E-state index is 12.9. The number of hydrogen-bond donors (Lipinski definition) is 2. The molecule has 0 saturated carbocycles. The molecule has 0 aromatic heterocycles. The molecule has 6 heteroatoms. The molecule has 0 saturated heterocycles. The van der Waals surface area contributed by atoms with Gasteiger partial charge in [-0.15, -0.1) is 0 Å². The van der Waals surface area contributed by atoms with E-state index in [4.69, 9.17) is 4.99 Å². The van der Waals surface area contributed by atoms with E-state index in [9.17, 15) is 10.1 Å². The summed E-state index contributed by atoms with van der Waals surface area (Å²) >= 11 is 1.68. The second-order valence-corrected chi connectivity index (χ2v) is 9.19. The minimum absolute atomic E-state index is 0. The number of amides is 1. The molecule has 0 radical (unpaired) electrons. The van der Waals surface area contributed by atoms with Crippen LogP contribution in [0.3, 0.4) is 0 Å². The Morgan fingerprint density at radius 3 is 2.60 bits per heavy atom. The van der Waals surface area contributed by atoms with Crippen LogP contribution >= 0.6 is 11.8 Å². The number of hydrazine groups is 1. The van der Waals surface area contributed by atoms with Crippen LogP contribution in [0.4, 0.5) is 0 Å². The molecule has 0 bridgehead atoms. The maximum absolute atomic E-state index is 12.9. The van der Waals surface area contributed by atoms with E-state index in [0.717, 1.165) is 37.9 Å². The van der Waals surface area contributed by atoms with Gasteiger partial charge in [0, 0.05) is 35.9 Å². The molecule has 35 heavy (non-hydrogen) atoms. The SMILES string of the molecule is N#Cc1ccc(C2=NC3=C(CC=CC(C(=O)NNCc4ccccc4)=C3)Sc3ccccc32)cc1.[HH].[HH]. The number of nitrogens with one attached hydrogen (secondary N) is 2. The molecule has 1 amide bonds. The molecular formula is C29H26N4OS. The van der Waals surface area contributed by atoms with Gasteiger partial charge in [0.15, 0.2) is 0 Å². The Labute approximate surface area is 211 Å². The Hall–Kier alpha value is -4.18. The molecule has 3 aromatic carbocycles. The van der Waals surface area contributed by atoms with E-state index in [1.165, 1.54) is 0 Å². The lowest BCUT2D eigenvalue weighted by Gasteiger charge is -2.10. The monoisotopic (exact) mass is 478 g/mol. The van der Waals surface area contributed by atoms with Gasteiger partial charge in [-0.25, -0.2) is 10.4 Å². The van der Waals surface area contributed by atoms with Crippen LogP contribution in [0.25, 0.3) is 0 Å². The van der Waals surface area contributed by atoms with Crippen molar-refractivity contribution in [1.29, 1.82) is 5.26 Å². The minimum atomic E-state index is -0.215. The Bertz CT molecular complexity index is 1440. The average Bonchev–Trinajstić information content (AvgIpc) is 3.19. The van der Waals surface area contributed by atoms with Crippen LogP contribution in [0.5, 0.6) is 0 Å². The molecule has 0 fully saturated rings. The van der Waals surface area contributed by atoms with Gasteiger partial charge in [-0.05, 0) is 36.3 Å². The summed E-state index contributed by atoms with van der Waals surface area (Å²) < 4.78 is 0. The largest absolute Gasteiger partial charge is 0.287 e. The first-order chi connectivity index (χ1) is 17.2. The Morgan fingerprint density at radius 1 is 1.03 bits per heavy atom. The first-order valence-electron chi connectivity index (χ1n) is 11.3. The fraction of sp³-hybridized carbons (Fsp3) is 0.0690. The molecule has 0 spiro atoms. The van der Waals surface area contributed by atoms with E-state index in [0.29, 0.717) is 24.1 Å². The zero-order valence-electron chi connectivity index (χ0n) is 18.9. The number of benzene rings is 3. The van der Waals surface area contributed by atoms with Crippen molar-refractivity contribution >= 4 is 23.4 Å². The van der Waals surface area contributed by atoms with Crippen molar-refractivity contribution in [2.24, 2.45) is 4.99 Å². The number of carbonyl (C=O) groups is 1. The lowest BCUT2D eigenvalue weighted by atomic mass is 10.0. The molecule has 1 heterocycles. The predicted molar refractivity (Wildman–Crippen MR) is 144 cm³/mol. The molecule has 3 aromatic rings. The lowest BCUT2D eigenvalue weighted by Crippen LogP contribution is -2.37. The second-order valence-electron chi connectivity index (χ2n) is 8.06. The molecule has 5 nitrogen and oxygen atoms in total. The van der Waals surface area contributed by atoms with Crippen LogP contribution in [0.15, 0.2) is 123 Å². The van der Waals surface area contributed by atoms with Crippen LogP contribution in [0.1, 0.15) is 31.5 Å². The molecule has 1 aliphatic carbocycles. The lowest BCUT2D eigenvalue weighted by molar-refractivity contribution is -0.118. The van der Waals surface area contributed by atoms with E-state index in [-0.39, 0.29) is 8.76 Å². The molecule has 5 rings (SSSR count). The number of aliphatic imine (C=N–C) groups is 1. The highest BCUT2D eigenvalue weighted by Gasteiger charge is 2.21. The molecule has 1 aliphatic heterocycles. The van der Waals surface area contributed by atoms with Crippen LogP contribution < -0.4 is 10.9 Å². The smallest absolute Gasteiger partial charge is 0.265 e. The number of allylic oxidation sites excluding steroid dienone is 3. The quantitative estimate of drug-likeness (QED) is 0.447. The van der Waals surface area contributed by atoms with Gasteiger partial charge in [-0.1, -0.05) is 84.6 Å². The zero-order valence-corrected chi connectivity index (χ0v) is 19.7. The summed E-state index contributed by atoms with van der Waals surface area (Å²) in [4.78, 5) is 20.2. The van der Waals surface area contributed by atoms with Gasteiger partial charge < -0.3 is 0 Å². The van der Waals surface area contributed by atoms with Gasteiger partial charge in [0.25, 0.3) is 5.91 Å². The fourth-order valence-electron chi connectivity index (χ4n) is 3.89. The Morgan fingerprint density at radius 2 is 1.80 bits per heavy atom. The maximum Gasteiger partial charge on any atom is 0.265 e. The van der Waals surface area contributed by atoms with Gasteiger partial charge in [0.1, 0.15) is 0 Å². The Kier molecular flexibility index (Phi) is 6.71. The van der Waals surface area contributed by atoms with E-state index in [1.54, 1.807) is 23.9 Å². The molecule has 174 valence electrons. The van der Waals surface area contributed by atoms with Crippen molar-refractivity contribution in [2.45, 2.75) is 17.9 Å². The van der Waals surface area contributed by atoms with Crippen molar-refractivity contribution in [1.82, 2.24) is 10.9 Å². The molecule has 2 N–H and O–H groups in total. The van der Waals surface area contributed by atoms with Gasteiger partial charge >= 0.3 is 0 Å². The normalized spacial score (nSPS) is 14.5. The number of nitriles is 1. The van der Waals surface area contributed by atoms with E-state index in [1.807, 2.05) is 72.8 Å². The summed E-state index contributed by atoms with van der Waals surface area (Å²) in [6.07, 6.45) is 6.38. The standard InChI is InChI=1S/C29H22N4OS.2H2/c30-18-20-13-15-22(16-14-20)28-24-10-4-5-11-26(24)35-27-12-6-9-23(17-25(27)32-28)29(34)33-31-19-21-7-2-1-3-8-21;;/h1-11,13-17,31H,12,19H2,(H,33,34);2*1H.